The quantitative estimate of drug-likeness (QED) is 0.500. The molecule has 1 spiro atoms. The molecule has 10 atom stereocenters. The smallest absolute Gasteiger partial charge is 0.171 e. The topological polar surface area (TPSA) is 38.7 Å². The van der Waals surface area contributed by atoms with Crippen LogP contribution in [0.4, 0.5) is 0 Å². The third-order valence-corrected chi connectivity index (χ3v) is 11.0. The van der Waals surface area contributed by atoms with E-state index in [9.17, 15) is 5.11 Å². The van der Waals surface area contributed by atoms with E-state index in [1.165, 1.54) is 37.7 Å². The van der Waals surface area contributed by atoms with Crippen molar-refractivity contribution in [1.29, 1.82) is 0 Å². The van der Waals surface area contributed by atoms with Gasteiger partial charge in [-0.15, -0.1) is 0 Å². The molecule has 0 radical (unpaired) electrons. The molecule has 1 N–H and O–H groups in total. The summed E-state index contributed by atoms with van der Waals surface area (Å²) in [5, 5.41) is 10.1. The van der Waals surface area contributed by atoms with Gasteiger partial charge < -0.3 is 14.6 Å². The van der Waals surface area contributed by atoms with Gasteiger partial charge in [0.15, 0.2) is 5.79 Å². The maximum atomic E-state index is 10.1. The molecule has 0 aromatic heterocycles. The van der Waals surface area contributed by atoms with E-state index in [-0.39, 0.29) is 11.2 Å². The summed E-state index contributed by atoms with van der Waals surface area (Å²) in [4.78, 5) is 0. The lowest BCUT2D eigenvalue weighted by Gasteiger charge is -2.57. The number of aliphatic hydroxyl groups is 1. The fourth-order valence-electron chi connectivity index (χ4n) is 9.33. The van der Waals surface area contributed by atoms with Gasteiger partial charge in [0.2, 0.25) is 0 Å². The molecule has 4 aliphatic carbocycles. The van der Waals surface area contributed by atoms with E-state index in [1.807, 2.05) is 0 Å². The van der Waals surface area contributed by atoms with Crippen LogP contribution in [0.1, 0.15) is 79.1 Å². The largest absolute Gasteiger partial charge is 0.512 e. The molecule has 0 amide bonds. The SMILES string of the molecule is CC1CCC2(OC1)OC1CC3C4CC=C5C=C(O)CCC5(C)C4CCC3(C)C1C2C. The van der Waals surface area contributed by atoms with Crippen LogP contribution in [0, 0.1) is 46.3 Å². The van der Waals surface area contributed by atoms with Crippen molar-refractivity contribution in [1.82, 2.24) is 0 Å². The van der Waals surface area contributed by atoms with Crippen LogP contribution in [0.3, 0.4) is 0 Å². The minimum absolute atomic E-state index is 0.254. The van der Waals surface area contributed by atoms with Crippen molar-refractivity contribution in [3.8, 4) is 0 Å². The molecule has 10 unspecified atom stereocenters. The Kier molecular flexibility index (Phi) is 4.22. The standard InChI is InChI=1S/C27H40O3/c1-16-7-12-27(29-15-16)17(2)24-23(30-27)14-22-20-6-5-18-13-19(28)8-10-25(18,3)21(20)9-11-26(22,24)4/h5,13,16-17,20-24,28H,6-12,14-15H2,1-4H3. The molecule has 2 heterocycles. The average Bonchev–Trinajstić information content (AvgIpc) is 3.16. The molecule has 6 rings (SSSR count). The third-order valence-electron chi connectivity index (χ3n) is 11.0. The highest BCUT2D eigenvalue weighted by Gasteiger charge is 2.68. The Morgan fingerprint density at radius 2 is 1.90 bits per heavy atom. The summed E-state index contributed by atoms with van der Waals surface area (Å²) in [6, 6.07) is 0. The molecule has 166 valence electrons. The Hall–Kier alpha value is -0.800. The maximum Gasteiger partial charge on any atom is 0.171 e. The summed E-state index contributed by atoms with van der Waals surface area (Å²) in [5.74, 6) is 4.39. The molecular formula is C27H40O3. The summed E-state index contributed by atoms with van der Waals surface area (Å²) < 4.78 is 13.3. The van der Waals surface area contributed by atoms with Crippen LogP contribution < -0.4 is 0 Å². The number of ether oxygens (including phenoxy) is 2. The molecule has 0 aromatic carbocycles. The molecule has 4 fully saturated rings. The summed E-state index contributed by atoms with van der Waals surface area (Å²) >= 11 is 0. The average molecular weight is 413 g/mol. The van der Waals surface area contributed by atoms with Crippen LogP contribution in [0.2, 0.25) is 0 Å². The van der Waals surface area contributed by atoms with Crippen LogP contribution in [-0.4, -0.2) is 23.6 Å². The summed E-state index contributed by atoms with van der Waals surface area (Å²) in [5.41, 5.74) is 2.06. The normalized spacial score (nSPS) is 57.1. The third kappa shape index (κ3) is 2.46. The molecule has 3 nitrogen and oxygen atoms in total. The van der Waals surface area contributed by atoms with Gasteiger partial charge in [0.1, 0.15) is 0 Å². The van der Waals surface area contributed by atoms with Gasteiger partial charge >= 0.3 is 0 Å². The fraction of sp³-hybridized carbons (Fsp3) is 0.852. The van der Waals surface area contributed by atoms with Gasteiger partial charge in [-0.2, -0.15) is 0 Å². The van der Waals surface area contributed by atoms with Crippen molar-refractivity contribution in [3.05, 3.63) is 23.5 Å². The highest BCUT2D eigenvalue weighted by molar-refractivity contribution is 5.35. The van der Waals surface area contributed by atoms with Gasteiger partial charge in [0.25, 0.3) is 0 Å². The number of aliphatic hydroxyl groups excluding tert-OH is 1. The fourth-order valence-corrected chi connectivity index (χ4v) is 9.33. The zero-order chi connectivity index (χ0) is 20.9. The minimum atomic E-state index is -0.302. The molecule has 6 aliphatic rings. The minimum Gasteiger partial charge on any atom is -0.512 e. The van der Waals surface area contributed by atoms with E-state index in [1.54, 1.807) is 0 Å². The predicted molar refractivity (Wildman–Crippen MR) is 118 cm³/mol. The Morgan fingerprint density at radius 3 is 2.67 bits per heavy atom. The van der Waals surface area contributed by atoms with E-state index in [0.29, 0.717) is 35.0 Å². The number of fused-ring (bicyclic) bond motifs is 7. The van der Waals surface area contributed by atoms with E-state index < -0.39 is 0 Å². The lowest BCUT2D eigenvalue weighted by atomic mass is 9.47. The lowest BCUT2D eigenvalue weighted by molar-refractivity contribution is -0.272. The predicted octanol–water partition coefficient (Wildman–Crippen LogP) is 6.40. The van der Waals surface area contributed by atoms with Gasteiger partial charge in [-0.3, -0.25) is 0 Å². The van der Waals surface area contributed by atoms with Crippen molar-refractivity contribution in [3.63, 3.8) is 0 Å². The summed E-state index contributed by atoms with van der Waals surface area (Å²) in [6.45, 7) is 10.7. The van der Waals surface area contributed by atoms with Gasteiger partial charge in [0.05, 0.1) is 18.5 Å². The van der Waals surface area contributed by atoms with Crippen LogP contribution >= 0.6 is 0 Å². The molecule has 3 heteroatoms. The monoisotopic (exact) mass is 412 g/mol. The van der Waals surface area contributed by atoms with E-state index in [4.69, 9.17) is 9.47 Å². The zero-order valence-corrected chi connectivity index (χ0v) is 19.3. The van der Waals surface area contributed by atoms with Crippen LogP contribution in [-0.2, 0) is 9.47 Å². The first-order chi connectivity index (χ1) is 14.3. The van der Waals surface area contributed by atoms with E-state index in [2.05, 4.69) is 39.8 Å². The van der Waals surface area contributed by atoms with Crippen molar-refractivity contribution >= 4 is 0 Å². The number of allylic oxidation sites excluding steroid dienone is 4. The Labute approximate surface area is 182 Å². The van der Waals surface area contributed by atoms with Crippen molar-refractivity contribution < 1.29 is 14.6 Å². The lowest BCUT2D eigenvalue weighted by Crippen LogP contribution is -2.51. The Balaban J connectivity index is 1.30. The molecule has 30 heavy (non-hydrogen) atoms. The second-order valence-corrected chi connectivity index (χ2v) is 12.3. The first-order valence-electron chi connectivity index (χ1n) is 12.7. The molecule has 2 saturated heterocycles. The van der Waals surface area contributed by atoms with Gasteiger partial charge in [-0.25, -0.2) is 0 Å². The molecule has 0 bridgehead atoms. The Morgan fingerprint density at radius 1 is 1.07 bits per heavy atom. The number of hydrogen-bond acceptors (Lipinski definition) is 3. The highest BCUT2D eigenvalue weighted by Crippen LogP contribution is 2.70. The second-order valence-electron chi connectivity index (χ2n) is 12.3. The van der Waals surface area contributed by atoms with E-state index >= 15 is 0 Å². The van der Waals surface area contributed by atoms with Crippen molar-refractivity contribution in [2.24, 2.45) is 46.3 Å². The summed E-state index contributed by atoms with van der Waals surface area (Å²) in [6.07, 6.45) is 14.3. The van der Waals surface area contributed by atoms with Crippen molar-refractivity contribution in [2.75, 3.05) is 6.61 Å². The van der Waals surface area contributed by atoms with Crippen LogP contribution in [0.5, 0.6) is 0 Å². The molecule has 2 aliphatic heterocycles. The van der Waals surface area contributed by atoms with Gasteiger partial charge in [-0.1, -0.05) is 33.8 Å². The summed E-state index contributed by atoms with van der Waals surface area (Å²) in [7, 11) is 0. The van der Waals surface area contributed by atoms with Crippen LogP contribution in [0.25, 0.3) is 0 Å². The molecule has 0 aromatic rings. The first-order valence-corrected chi connectivity index (χ1v) is 12.7. The number of hydrogen-bond donors (Lipinski definition) is 1. The van der Waals surface area contributed by atoms with Gasteiger partial charge in [-0.05, 0) is 90.6 Å². The highest BCUT2D eigenvalue weighted by atomic mass is 16.7. The first kappa shape index (κ1) is 19.9. The van der Waals surface area contributed by atoms with E-state index in [0.717, 1.165) is 43.6 Å². The van der Waals surface area contributed by atoms with Crippen LogP contribution in [0.15, 0.2) is 23.5 Å². The van der Waals surface area contributed by atoms with Gasteiger partial charge in [0, 0.05) is 18.8 Å². The van der Waals surface area contributed by atoms with Crippen molar-refractivity contribution in [2.45, 2.75) is 91.0 Å². The maximum absolute atomic E-state index is 10.1. The molecule has 2 saturated carbocycles. The number of rotatable bonds is 0. The zero-order valence-electron chi connectivity index (χ0n) is 19.3. The second kappa shape index (κ2) is 6.38. The Bertz CT molecular complexity index is 790. The molecular weight excluding hydrogens is 372 g/mol.